The Bertz CT molecular complexity index is 1190. The lowest BCUT2D eigenvalue weighted by Crippen LogP contribution is -2.53. The molecule has 34 heavy (non-hydrogen) atoms. The maximum Gasteiger partial charge on any atom is 0.331 e. The van der Waals surface area contributed by atoms with Gasteiger partial charge in [0.05, 0.1) is 26.9 Å². The number of nitrogens with one attached hydrogen (secondary N) is 1. The Hall–Kier alpha value is -4.05. The van der Waals surface area contributed by atoms with Crippen molar-refractivity contribution in [2.45, 2.75) is 6.54 Å². The minimum atomic E-state index is -0.778. The molecule has 0 bridgehead atoms. The third-order valence-electron chi connectivity index (χ3n) is 5.86. The minimum Gasteiger partial charge on any atom is -0.496 e. The number of morpholine rings is 1. The smallest absolute Gasteiger partial charge is 0.331 e. The minimum absolute atomic E-state index is 0.0287. The van der Waals surface area contributed by atoms with Crippen molar-refractivity contribution < 1.29 is 33.3 Å². The van der Waals surface area contributed by atoms with E-state index in [1.807, 2.05) is 12.1 Å². The van der Waals surface area contributed by atoms with Gasteiger partial charge in [-0.1, -0.05) is 6.07 Å². The Morgan fingerprint density at radius 3 is 2.62 bits per heavy atom. The van der Waals surface area contributed by atoms with Crippen molar-refractivity contribution in [1.29, 1.82) is 0 Å². The molecule has 2 fully saturated rings. The van der Waals surface area contributed by atoms with Crippen LogP contribution in [0.2, 0.25) is 0 Å². The van der Waals surface area contributed by atoms with Crippen LogP contribution < -0.4 is 24.4 Å². The van der Waals surface area contributed by atoms with E-state index in [4.69, 9.17) is 18.9 Å². The Kier molecular flexibility index (Phi) is 5.81. The average molecular weight is 465 g/mol. The molecule has 10 nitrogen and oxygen atoms in total. The number of nitrogens with zero attached hydrogens (tertiary/aromatic N) is 2. The summed E-state index contributed by atoms with van der Waals surface area (Å²) in [5.41, 5.74) is 2.02. The van der Waals surface area contributed by atoms with Crippen LogP contribution in [0.25, 0.3) is 6.08 Å². The van der Waals surface area contributed by atoms with Gasteiger partial charge in [-0.3, -0.25) is 19.8 Å². The van der Waals surface area contributed by atoms with E-state index in [9.17, 15) is 14.4 Å². The first-order valence-corrected chi connectivity index (χ1v) is 10.8. The third-order valence-corrected chi connectivity index (χ3v) is 5.86. The number of imide groups is 2. The van der Waals surface area contributed by atoms with Gasteiger partial charge in [-0.2, -0.15) is 0 Å². The first kappa shape index (κ1) is 21.8. The van der Waals surface area contributed by atoms with E-state index < -0.39 is 17.8 Å². The van der Waals surface area contributed by atoms with Crippen LogP contribution in [0, 0.1) is 0 Å². The van der Waals surface area contributed by atoms with Crippen LogP contribution in [0.5, 0.6) is 17.2 Å². The molecule has 0 saturated carbocycles. The molecule has 0 unspecified atom stereocenters. The zero-order chi connectivity index (χ0) is 23.7. The topological polar surface area (TPSA) is 107 Å². The highest BCUT2D eigenvalue weighted by atomic mass is 16.7. The molecule has 5 rings (SSSR count). The third kappa shape index (κ3) is 4.15. The SMILES string of the molecule is COc1cc(N2CCOCC2)ccc1/C=C1\C(=O)NC(=O)N(Cc2ccc3c(c2)OCO3)C1=O. The number of barbiturate groups is 1. The number of ether oxygens (including phenoxy) is 4. The second-order valence-corrected chi connectivity index (χ2v) is 7.92. The van der Waals surface area contributed by atoms with E-state index in [1.54, 1.807) is 24.3 Å². The van der Waals surface area contributed by atoms with Crippen LogP contribution in [0.1, 0.15) is 11.1 Å². The highest BCUT2D eigenvalue weighted by molar-refractivity contribution is 6.31. The van der Waals surface area contributed by atoms with Crippen molar-refractivity contribution in [3.8, 4) is 17.2 Å². The van der Waals surface area contributed by atoms with Gasteiger partial charge in [0, 0.05) is 30.4 Å². The fraction of sp³-hybridized carbons (Fsp3) is 0.292. The molecular weight excluding hydrogens is 442 g/mol. The second kappa shape index (κ2) is 9.06. The zero-order valence-corrected chi connectivity index (χ0v) is 18.5. The summed E-state index contributed by atoms with van der Waals surface area (Å²) < 4.78 is 21.6. The number of hydrogen-bond donors (Lipinski definition) is 1. The molecule has 0 spiro atoms. The Morgan fingerprint density at radius 2 is 1.82 bits per heavy atom. The summed E-state index contributed by atoms with van der Waals surface area (Å²) in [4.78, 5) is 41.3. The number of methoxy groups -OCH3 is 1. The predicted octanol–water partition coefficient (Wildman–Crippen LogP) is 1.92. The van der Waals surface area contributed by atoms with E-state index in [2.05, 4.69) is 10.2 Å². The molecular formula is C24H23N3O7. The van der Waals surface area contributed by atoms with Crippen LogP contribution in [0.3, 0.4) is 0 Å². The van der Waals surface area contributed by atoms with Crippen molar-refractivity contribution >= 4 is 29.6 Å². The van der Waals surface area contributed by atoms with Crippen LogP contribution in [-0.4, -0.2) is 63.0 Å². The quantitative estimate of drug-likeness (QED) is 0.527. The van der Waals surface area contributed by atoms with Crippen molar-refractivity contribution in [1.82, 2.24) is 10.2 Å². The van der Waals surface area contributed by atoms with E-state index in [1.165, 1.54) is 13.2 Å². The van der Waals surface area contributed by atoms with Gasteiger partial charge in [-0.05, 0) is 35.9 Å². The monoisotopic (exact) mass is 465 g/mol. The van der Waals surface area contributed by atoms with Gasteiger partial charge in [-0.15, -0.1) is 0 Å². The summed E-state index contributed by atoms with van der Waals surface area (Å²) in [5, 5.41) is 2.24. The molecule has 3 aliphatic rings. The maximum absolute atomic E-state index is 13.2. The van der Waals surface area contributed by atoms with Crippen LogP contribution in [0.15, 0.2) is 42.0 Å². The van der Waals surface area contributed by atoms with Crippen molar-refractivity contribution in [2.75, 3.05) is 45.1 Å². The normalized spacial score (nSPS) is 19.0. The zero-order valence-electron chi connectivity index (χ0n) is 18.5. The van der Waals surface area contributed by atoms with Gasteiger partial charge in [0.1, 0.15) is 11.3 Å². The molecule has 1 N–H and O–H groups in total. The highest BCUT2D eigenvalue weighted by Crippen LogP contribution is 2.33. The number of benzene rings is 2. The van der Waals surface area contributed by atoms with E-state index >= 15 is 0 Å². The van der Waals surface area contributed by atoms with Gasteiger partial charge < -0.3 is 23.8 Å². The van der Waals surface area contributed by atoms with E-state index in [0.717, 1.165) is 23.7 Å². The molecule has 0 radical (unpaired) electrons. The summed E-state index contributed by atoms with van der Waals surface area (Å²) in [5.74, 6) is 0.208. The van der Waals surface area contributed by atoms with E-state index in [-0.39, 0.29) is 18.9 Å². The molecule has 10 heteroatoms. The number of fused-ring (bicyclic) bond motifs is 1. The average Bonchev–Trinajstić information content (AvgIpc) is 3.33. The molecule has 0 atom stereocenters. The molecule has 3 aliphatic heterocycles. The fourth-order valence-corrected chi connectivity index (χ4v) is 4.05. The number of amides is 4. The van der Waals surface area contributed by atoms with Crippen molar-refractivity contribution in [3.63, 3.8) is 0 Å². The molecule has 2 aromatic rings. The second-order valence-electron chi connectivity index (χ2n) is 7.92. The summed E-state index contributed by atoms with van der Waals surface area (Å²) in [6, 6.07) is 9.93. The summed E-state index contributed by atoms with van der Waals surface area (Å²) in [7, 11) is 1.53. The molecule has 4 amide bonds. The van der Waals surface area contributed by atoms with Gasteiger partial charge in [0.25, 0.3) is 11.8 Å². The van der Waals surface area contributed by atoms with Crippen molar-refractivity contribution in [3.05, 3.63) is 53.1 Å². The standard InChI is InChI=1S/C24H23N3O7/c1-31-20-12-17(26-6-8-32-9-7-26)4-3-16(20)11-18-22(28)25-24(30)27(23(18)29)13-15-2-5-19-21(10-15)34-14-33-19/h2-5,10-12H,6-9,13-14H2,1H3,(H,25,28,30)/b18-11+. The summed E-state index contributed by atoms with van der Waals surface area (Å²) in [6.07, 6.45) is 1.44. The molecule has 2 aromatic carbocycles. The number of anilines is 1. The fourth-order valence-electron chi connectivity index (χ4n) is 4.05. The van der Waals surface area contributed by atoms with Gasteiger partial charge in [-0.25, -0.2) is 4.79 Å². The lowest BCUT2D eigenvalue weighted by molar-refractivity contribution is -0.130. The van der Waals surface area contributed by atoms with Crippen LogP contribution >= 0.6 is 0 Å². The first-order valence-electron chi connectivity index (χ1n) is 10.8. The number of rotatable bonds is 5. The first-order chi connectivity index (χ1) is 16.5. The highest BCUT2D eigenvalue weighted by Gasteiger charge is 2.36. The Balaban J connectivity index is 1.41. The lowest BCUT2D eigenvalue weighted by atomic mass is 10.0. The molecule has 0 aliphatic carbocycles. The number of urea groups is 1. The van der Waals surface area contributed by atoms with E-state index in [0.29, 0.717) is 41.6 Å². The largest absolute Gasteiger partial charge is 0.496 e. The van der Waals surface area contributed by atoms with Gasteiger partial charge >= 0.3 is 6.03 Å². The number of carbonyl (C=O) groups is 3. The Labute approximate surface area is 195 Å². The van der Waals surface area contributed by atoms with Crippen LogP contribution in [-0.2, 0) is 20.9 Å². The molecule has 2 saturated heterocycles. The van der Waals surface area contributed by atoms with Gasteiger partial charge in [0.2, 0.25) is 6.79 Å². The number of hydrogen-bond acceptors (Lipinski definition) is 8. The van der Waals surface area contributed by atoms with Crippen LogP contribution in [0.4, 0.5) is 10.5 Å². The lowest BCUT2D eigenvalue weighted by Gasteiger charge is -2.29. The summed E-state index contributed by atoms with van der Waals surface area (Å²) in [6.45, 7) is 2.92. The molecule has 0 aromatic heterocycles. The number of carbonyl (C=O) groups excluding carboxylic acids is 3. The van der Waals surface area contributed by atoms with Gasteiger partial charge in [0.15, 0.2) is 11.5 Å². The maximum atomic E-state index is 13.2. The van der Waals surface area contributed by atoms with Crippen molar-refractivity contribution in [2.24, 2.45) is 0 Å². The molecule has 176 valence electrons. The Morgan fingerprint density at radius 1 is 1.03 bits per heavy atom. The summed E-state index contributed by atoms with van der Waals surface area (Å²) >= 11 is 0. The predicted molar refractivity (Wildman–Crippen MR) is 121 cm³/mol. The molecule has 3 heterocycles.